The zero-order chi connectivity index (χ0) is 12.1. The average molecular weight is 227 g/mol. The quantitative estimate of drug-likeness (QED) is 0.566. The molecule has 1 heterocycles. The molecule has 0 radical (unpaired) electrons. The van der Waals surface area contributed by atoms with Crippen LogP contribution in [0.5, 0.6) is 0 Å². The number of carboxylic acid groups (broad SMARTS) is 1. The Balaban J connectivity index is 2.88. The summed E-state index contributed by atoms with van der Waals surface area (Å²) in [6.45, 7) is 2.16. The van der Waals surface area contributed by atoms with Crippen molar-refractivity contribution in [3.8, 4) is 0 Å². The summed E-state index contributed by atoms with van der Waals surface area (Å²) in [5.41, 5.74) is 5.41. The Hall–Kier alpha value is -1.96. The van der Waals surface area contributed by atoms with Crippen LogP contribution in [0.1, 0.15) is 23.1 Å². The third kappa shape index (κ3) is 2.54. The van der Waals surface area contributed by atoms with Gasteiger partial charge in [-0.1, -0.05) is 5.21 Å². The van der Waals surface area contributed by atoms with Crippen LogP contribution in [-0.4, -0.2) is 38.5 Å². The maximum atomic E-state index is 11.3. The van der Waals surface area contributed by atoms with Gasteiger partial charge in [-0.15, -0.1) is 5.10 Å². The Bertz CT molecular complexity index is 400. The SMILES string of the molecule is CCNC(=O)Cn1nnc(C(=O)O)c1CN. The fourth-order valence-electron chi connectivity index (χ4n) is 1.22. The van der Waals surface area contributed by atoms with Crippen molar-refractivity contribution in [2.75, 3.05) is 6.54 Å². The van der Waals surface area contributed by atoms with Crippen molar-refractivity contribution in [1.82, 2.24) is 20.3 Å². The average Bonchev–Trinajstić information content (AvgIpc) is 2.61. The monoisotopic (exact) mass is 227 g/mol. The summed E-state index contributed by atoms with van der Waals surface area (Å²) in [7, 11) is 0. The van der Waals surface area contributed by atoms with Gasteiger partial charge in [0.25, 0.3) is 0 Å². The minimum absolute atomic E-state index is 0.0337. The highest BCUT2D eigenvalue weighted by Gasteiger charge is 2.18. The van der Waals surface area contributed by atoms with Crippen LogP contribution in [0, 0.1) is 0 Å². The molecule has 1 aromatic rings. The number of likely N-dealkylation sites (N-methyl/N-ethyl adjacent to an activating group) is 1. The Labute approximate surface area is 91.4 Å². The molecule has 0 unspecified atom stereocenters. The van der Waals surface area contributed by atoms with Crippen molar-refractivity contribution >= 4 is 11.9 Å². The largest absolute Gasteiger partial charge is 0.476 e. The maximum Gasteiger partial charge on any atom is 0.358 e. The summed E-state index contributed by atoms with van der Waals surface area (Å²) >= 11 is 0. The second-order valence-corrected chi connectivity index (χ2v) is 3.01. The summed E-state index contributed by atoms with van der Waals surface area (Å²) in [5, 5.41) is 18.4. The first-order valence-electron chi connectivity index (χ1n) is 4.72. The number of nitrogens with two attached hydrogens (primary N) is 1. The predicted molar refractivity (Wildman–Crippen MR) is 53.6 cm³/mol. The van der Waals surface area contributed by atoms with Gasteiger partial charge in [-0.2, -0.15) is 0 Å². The van der Waals surface area contributed by atoms with E-state index in [1.807, 2.05) is 0 Å². The molecule has 0 aliphatic carbocycles. The molecule has 8 heteroatoms. The summed E-state index contributed by atoms with van der Waals surface area (Å²) in [4.78, 5) is 22.0. The molecule has 0 saturated heterocycles. The number of nitrogens with one attached hydrogen (secondary N) is 1. The number of rotatable bonds is 5. The van der Waals surface area contributed by atoms with Crippen LogP contribution in [0.4, 0.5) is 0 Å². The lowest BCUT2D eigenvalue weighted by Crippen LogP contribution is -2.28. The lowest BCUT2D eigenvalue weighted by Gasteiger charge is -2.04. The standard InChI is InChI=1S/C8H13N5O3/c1-2-10-6(14)4-13-5(3-9)7(8(15)16)11-12-13/h2-4,9H2,1H3,(H,10,14)(H,15,16). The Morgan fingerprint density at radius 1 is 1.56 bits per heavy atom. The number of hydrogen-bond donors (Lipinski definition) is 3. The Morgan fingerprint density at radius 3 is 2.75 bits per heavy atom. The van der Waals surface area contributed by atoms with Gasteiger partial charge < -0.3 is 16.2 Å². The maximum absolute atomic E-state index is 11.3. The van der Waals surface area contributed by atoms with Crippen molar-refractivity contribution in [3.05, 3.63) is 11.4 Å². The number of carboxylic acids is 1. The zero-order valence-corrected chi connectivity index (χ0v) is 8.80. The van der Waals surface area contributed by atoms with Gasteiger partial charge in [0.1, 0.15) is 6.54 Å². The van der Waals surface area contributed by atoms with E-state index in [0.29, 0.717) is 6.54 Å². The molecule has 0 fully saturated rings. The number of aromatic carboxylic acids is 1. The van der Waals surface area contributed by atoms with Crippen LogP contribution >= 0.6 is 0 Å². The van der Waals surface area contributed by atoms with Gasteiger partial charge in [0.05, 0.1) is 5.69 Å². The molecule has 1 amide bonds. The third-order valence-corrected chi connectivity index (χ3v) is 1.90. The van der Waals surface area contributed by atoms with Gasteiger partial charge in [-0.25, -0.2) is 9.48 Å². The normalized spacial score (nSPS) is 10.1. The summed E-state index contributed by atoms with van der Waals surface area (Å²) < 4.78 is 1.19. The van der Waals surface area contributed by atoms with Crippen LogP contribution in [0.25, 0.3) is 0 Å². The number of carbonyl (C=O) groups excluding carboxylic acids is 1. The molecule has 0 saturated carbocycles. The van der Waals surface area contributed by atoms with Crippen molar-refractivity contribution in [2.45, 2.75) is 20.0 Å². The van der Waals surface area contributed by atoms with E-state index < -0.39 is 5.97 Å². The van der Waals surface area contributed by atoms with Gasteiger partial charge >= 0.3 is 5.97 Å². The van der Waals surface area contributed by atoms with E-state index in [9.17, 15) is 9.59 Å². The van der Waals surface area contributed by atoms with Crippen LogP contribution in [0.3, 0.4) is 0 Å². The molecule has 88 valence electrons. The molecular formula is C8H13N5O3. The minimum Gasteiger partial charge on any atom is -0.476 e. The highest BCUT2D eigenvalue weighted by molar-refractivity contribution is 5.86. The van der Waals surface area contributed by atoms with Gasteiger partial charge in [0, 0.05) is 13.1 Å². The number of nitrogens with zero attached hydrogens (tertiary/aromatic N) is 3. The molecule has 8 nitrogen and oxygen atoms in total. The zero-order valence-electron chi connectivity index (χ0n) is 8.80. The fraction of sp³-hybridized carbons (Fsp3) is 0.500. The lowest BCUT2D eigenvalue weighted by atomic mass is 10.3. The van der Waals surface area contributed by atoms with Crippen molar-refractivity contribution in [3.63, 3.8) is 0 Å². The topological polar surface area (TPSA) is 123 Å². The van der Waals surface area contributed by atoms with Gasteiger partial charge in [0.15, 0.2) is 5.69 Å². The van der Waals surface area contributed by atoms with Crippen LogP contribution in [0.15, 0.2) is 0 Å². The highest BCUT2D eigenvalue weighted by atomic mass is 16.4. The van der Waals surface area contributed by atoms with E-state index in [4.69, 9.17) is 10.8 Å². The van der Waals surface area contributed by atoms with E-state index in [-0.39, 0.29) is 30.4 Å². The second kappa shape index (κ2) is 5.21. The Morgan fingerprint density at radius 2 is 2.25 bits per heavy atom. The summed E-state index contributed by atoms with van der Waals surface area (Å²) in [6, 6.07) is 0. The van der Waals surface area contributed by atoms with Crippen molar-refractivity contribution in [2.24, 2.45) is 5.73 Å². The molecule has 1 rings (SSSR count). The van der Waals surface area contributed by atoms with E-state index in [1.165, 1.54) is 4.68 Å². The van der Waals surface area contributed by atoms with Crippen LogP contribution < -0.4 is 11.1 Å². The smallest absolute Gasteiger partial charge is 0.358 e. The number of aromatic nitrogens is 3. The molecule has 1 aromatic heterocycles. The number of carbonyl (C=O) groups is 2. The van der Waals surface area contributed by atoms with E-state index in [0.717, 1.165) is 0 Å². The highest BCUT2D eigenvalue weighted by Crippen LogP contribution is 2.04. The molecule has 0 spiro atoms. The molecule has 0 aliphatic heterocycles. The summed E-state index contributed by atoms with van der Waals surface area (Å²) in [5.74, 6) is -1.47. The van der Waals surface area contributed by atoms with Gasteiger partial charge in [0.2, 0.25) is 5.91 Å². The van der Waals surface area contributed by atoms with E-state index in [2.05, 4.69) is 15.6 Å². The molecule has 0 bridgehead atoms. The Kier molecular flexibility index (Phi) is 3.95. The predicted octanol–water partition coefficient (Wildman–Crippen LogP) is -1.43. The molecule has 4 N–H and O–H groups in total. The third-order valence-electron chi connectivity index (χ3n) is 1.90. The fourth-order valence-corrected chi connectivity index (χ4v) is 1.22. The summed E-state index contributed by atoms with van der Waals surface area (Å²) in [6.07, 6.45) is 0. The van der Waals surface area contributed by atoms with Crippen LogP contribution in [-0.2, 0) is 17.9 Å². The lowest BCUT2D eigenvalue weighted by molar-refractivity contribution is -0.121. The minimum atomic E-state index is -1.21. The van der Waals surface area contributed by atoms with E-state index in [1.54, 1.807) is 6.92 Å². The molecule has 0 atom stereocenters. The molecule has 16 heavy (non-hydrogen) atoms. The van der Waals surface area contributed by atoms with Crippen molar-refractivity contribution < 1.29 is 14.7 Å². The van der Waals surface area contributed by atoms with Gasteiger partial charge in [-0.05, 0) is 6.92 Å². The molecule has 0 aliphatic rings. The number of hydrogen-bond acceptors (Lipinski definition) is 5. The first-order chi connectivity index (χ1) is 7.60. The van der Waals surface area contributed by atoms with Crippen LogP contribution in [0.2, 0.25) is 0 Å². The molecular weight excluding hydrogens is 214 g/mol. The van der Waals surface area contributed by atoms with Crippen molar-refractivity contribution in [1.29, 1.82) is 0 Å². The second-order valence-electron chi connectivity index (χ2n) is 3.01. The molecule has 0 aromatic carbocycles. The van der Waals surface area contributed by atoms with Gasteiger partial charge in [-0.3, -0.25) is 4.79 Å². The first kappa shape index (κ1) is 12.1. The van der Waals surface area contributed by atoms with E-state index >= 15 is 0 Å². The number of amides is 1. The first-order valence-corrected chi connectivity index (χ1v) is 4.72.